The van der Waals surface area contributed by atoms with E-state index in [1.807, 2.05) is 6.07 Å². The van der Waals surface area contributed by atoms with Gasteiger partial charge in [0.25, 0.3) is 0 Å². The van der Waals surface area contributed by atoms with Crippen LogP contribution < -0.4 is 10.1 Å². The molecular weight excluding hydrogens is 198 g/mol. The first-order valence-corrected chi connectivity index (χ1v) is 4.76. The highest BCUT2D eigenvalue weighted by molar-refractivity contribution is 5.85. The third kappa shape index (κ3) is 2.40. The topological polar surface area (TPSA) is 21.3 Å². The van der Waals surface area contributed by atoms with Crippen LogP contribution in [0.2, 0.25) is 0 Å². The molecule has 14 heavy (non-hydrogen) atoms. The average molecular weight is 214 g/mol. The fraction of sp³-hybridized carbons (Fsp3) is 0.455. The van der Waals surface area contributed by atoms with Crippen LogP contribution in [0.4, 0.5) is 0 Å². The zero-order chi connectivity index (χ0) is 9.10. The Kier molecular flexibility index (Phi) is 4.23. The first kappa shape index (κ1) is 11.3. The van der Waals surface area contributed by atoms with E-state index >= 15 is 0 Å². The molecule has 1 heterocycles. The van der Waals surface area contributed by atoms with Crippen molar-refractivity contribution in [1.82, 2.24) is 5.32 Å². The molecule has 2 nitrogen and oxygen atoms in total. The van der Waals surface area contributed by atoms with Crippen LogP contribution in [0.1, 0.15) is 17.5 Å². The van der Waals surface area contributed by atoms with Gasteiger partial charge in [0.15, 0.2) is 0 Å². The Bertz CT molecular complexity index is 301. The van der Waals surface area contributed by atoms with Crippen molar-refractivity contribution in [3.63, 3.8) is 0 Å². The van der Waals surface area contributed by atoms with Crippen LogP contribution in [0.15, 0.2) is 18.2 Å². The molecule has 0 bridgehead atoms. The monoisotopic (exact) mass is 213 g/mol. The molecule has 0 aliphatic carbocycles. The fourth-order valence-electron chi connectivity index (χ4n) is 1.76. The third-order valence-electron chi connectivity index (χ3n) is 2.53. The van der Waals surface area contributed by atoms with Crippen LogP contribution in [0, 0.1) is 0 Å². The Morgan fingerprint density at radius 3 is 2.93 bits per heavy atom. The Morgan fingerprint density at radius 1 is 1.29 bits per heavy atom. The molecular formula is C11H16ClNO. The lowest BCUT2D eigenvalue weighted by Crippen LogP contribution is -2.11. The van der Waals surface area contributed by atoms with E-state index in [1.165, 1.54) is 24.0 Å². The lowest BCUT2D eigenvalue weighted by molar-refractivity contribution is 0.414. The molecule has 0 saturated carbocycles. The minimum absolute atomic E-state index is 0. The number of hydrogen-bond acceptors (Lipinski definition) is 2. The standard InChI is InChI=1S/C11H15NO.ClH/c1-13-11-5-4-9-3-2-6-12-8-10(9)7-11;/h4-5,7,12H,2-3,6,8H2,1H3;1H. The number of fused-ring (bicyclic) bond motifs is 1. The average Bonchev–Trinajstić information content (AvgIpc) is 2.41. The predicted octanol–water partition coefficient (Wildman–Crippen LogP) is 2.15. The van der Waals surface area contributed by atoms with Gasteiger partial charge in [-0.05, 0) is 42.6 Å². The summed E-state index contributed by atoms with van der Waals surface area (Å²) in [7, 11) is 1.71. The Hall–Kier alpha value is -0.730. The molecule has 0 spiro atoms. The lowest BCUT2D eigenvalue weighted by Gasteiger charge is -2.07. The van der Waals surface area contributed by atoms with Crippen molar-refractivity contribution in [2.45, 2.75) is 19.4 Å². The molecule has 3 heteroatoms. The van der Waals surface area contributed by atoms with Gasteiger partial charge in [-0.1, -0.05) is 6.07 Å². The molecule has 1 aliphatic heterocycles. The van der Waals surface area contributed by atoms with Gasteiger partial charge in [0.1, 0.15) is 5.75 Å². The molecule has 0 radical (unpaired) electrons. The second-order valence-corrected chi connectivity index (χ2v) is 3.41. The number of methoxy groups -OCH3 is 1. The first-order valence-electron chi connectivity index (χ1n) is 4.76. The van der Waals surface area contributed by atoms with Crippen molar-refractivity contribution in [2.75, 3.05) is 13.7 Å². The third-order valence-corrected chi connectivity index (χ3v) is 2.53. The van der Waals surface area contributed by atoms with E-state index in [0.29, 0.717) is 0 Å². The molecule has 1 aliphatic rings. The van der Waals surface area contributed by atoms with Crippen molar-refractivity contribution in [2.24, 2.45) is 0 Å². The van der Waals surface area contributed by atoms with Crippen molar-refractivity contribution in [3.8, 4) is 5.75 Å². The molecule has 78 valence electrons. The zero-order valence-corrected chi connectivity index (χ0v) is 9.19. The highest BCUT2D eigenvalue weighted by Gasteiger charge is 2.07. The normalized spacial score (nSPS) is 14.9. The van der Waals surface area contributed by atoms with Gasteiger partial charge >= 0.3 is 0 Å². The van der Waals surface area contributed by atoms with Crippen LogP contribution in [0.5, 0.6) is 5.75 Å². The summed E-state index contributed by atoms with van der Waals surface area (Å²) in [6, 6.07) is 6.36. The summed E-state index contributed by atoms with van der Waals surface area (Å²) in [5, 5.41) is 3.40. The highest BCUT2D eigenvalue weighted by atomic mass is 35.5. The maximum Gasteiger partial charge on any atom is 0.119 e. The summed E-state index contributed by atoms with van der Waals surface area (Å²) in [6.45, 7) is 2.10. The van der Waals surface area contributed by atoms with Crippen LogP contribution >= 0.6 is 12.4 Å². The number of rotatable bonds is 1. The number of halogens is 1. The summed E-state index contributed by atoms with van der Waals surface area (Å²) in [5.74, 6) is 0.961. The summed E-state index contributed by atoms with van der Waals surface area (Å²) >= 11 is 0. The molecule has 0 fully saturated rings. The van der Waals surface area contributed by atoms with E-state index in [1.54, 1.807) is 7.11 Å². The molecule has 2 rings (SSSR count). The van der Waals surface area contributed by atoms with Gasteiger partial charge in [-0.2, -0.15) is 0 Å². The molecule has 1 aromatic carbocycles. The van der Waals surface area contributed by atoms with Gasteiger partial charge in [-0.3, -0.25) is 0 Å². The second-order valence-electron chi connectivity index (χ2n) is 3.41. The molecule has 1 aromatic rings. The van der Waals surface area contributed by atoms with E-state index in [9.17, 15) is 0 Å². The van der Waals surface area contributed by atoms with Crippen molar-refractivity contribution in [1.29, 1.82) is 0 Å². The summed E-state index contributed by atoms with van der Waals surface area (Å²) in [4.78, 5) is 0. The van der Waals surface area contributed by atoms with Crippen molar-refractivity contribution in [3.05, 3.63) is 29.3 Å². The first-order chi connectivity index (χ1) is 6.40. The van der Waals surface area contributed by atoms with E-state index in [2.05, 4.69) is 17.4 Å². The molecule has 0 saturated heterocycles. The van der Waals surface area contributed by atoms with E-state index in [-0.39, 0.29) is 12.4 Å². The Labute approximate surface area is 91.1 Å². The second kappa shape index (κ2) is 5.23. The van der Waals surface area contributed by atoms with Crippen LogP contribution in [-0.2, 0) is 13.0 Å². The number of nitrogens with one attached hydrogen (secondary N) is 1. The van der Waals surface area contributed by atoms with Gasteiger partial charge in [0, 0.05) is 6.54 Å². The van der Waals surface area contributed by atoms with Gasteiger partial charge in [-0.25, -0.2) is 0 Å². The molecule has 0 amide bonds. The van der Waals surface area contributed by atoms with Gasteiger partial charge in [0.05, 0.1) is 7.11 Å². The number of aryl methyl sites for hydroxylation is 1. The van der Waals surface area contributed by atoms with Crippen LogP contribution in [0.3, 0.4) is 0 Å². The summed E-state index contributed by atoms with van der Waals surface area (Å²) in [6.07, 6.45) is 2.42. The molecule has 0 atom stereocenters. The van der Waals surface area contributed by atoms with Gasteiger partial charge in [-0.15, -0.1) is 12.4 Å². The maximum absolute atomic E-state index is 5.19. The van der Waals surface area contributed by atoms with Gasteiger partial charge in [0.2, 0.25) is 0 Å². The van der Waals surface area contributed by atoms with E-state index in [4.69, 9.17) is 4.74 Å². The number of ether oxygens (including phenoxy) is 1. The quantitative estimate of drug-likeness (QED) is 0.772. The number of hydrogen-bond donors (Lipinski definition) is 1. The fourth-order valence-corrected chi connectivity index (χ4v) is 1.76. The predicted molar refractivity (Wildman–Crippen MR) is 60.3 cm³/mol. The largest absolute Gasteiger partial charge is 0.497 e. The lowest BCUT2D eigenvalue weighted by atomic mass is 10.0. The van der Waals surface area contributed by atoms with Crippen molar-refractivity contribution >= 4 is 12.4 Å². The van der Waals surface area contributed by atoms with E-state index in [0.717, 1.165) is 18.8 Å². The maximum atomic E-state index is 5.19. The minimum atomic E-state index is 0. The Balaban J connectivity index is 0.000000980. The minimum Gasteiger partial charge on any atom is -0.497 e. The Morgan fingerprint density at radius 2 is 2.14 bits per heavy atom. The van der Waals surface area contributed by atoms with Crippen molar-refractivity contribution < 1.29 is 4.74 Å². The highest BCUT2D eigenvalue weighted by Crippen LogP contribution is 2.20. The molecule has 0 aromatic heterocycles. The summed E-state index contributed by atoms with van der Waals surface area (Å²) in [5.41, 5.74) is 2.85. The van der Waals surface area contributed by atoms with Crippen LogP contribution in [0.25, 0.3) is 0 Å². The number of benzene rings is 1. The molecule has 0 unspecified atom stereocenters. The zero-order valence-electron chi connectivity index (χ0n) is 8.38. The molecule has 1 N–H and O–H groups in total. The smallest absolute Gasteiger partial charge is 0.119 e. The SMILES string of the molecule is COc1ccc2c(c1)CNCCC2.Cl. The van der Waals surface area contributed by atoms with E-state index < -0.39 is 0 Å². The van der Waals surface area contributed by atoms with Crippen LogP contribution in [-0.4, -0.2) is 13.7 Å². The summed E-state index contributed by atoms with van der Waals surface area (Å²) < 4.78 is 5.19. The van der Waals surface area contributed by atoms with Gasteiger partial charge < -0.3 is 10.1 Å².